The van der Waals surface area contributed by atoms with E-state index in [0.29, 0.717) is 5.92 Å². The lowest BCUT2D eigenvalue weighted by molar-refractivity contribution is -0.147. The van der Waals surface area contributed by atoms with Crippen molar-refractivity contribution in [1.82, 2.24) is 4.90 Å². The quantitative estimate of drug-likeness (QED) is 0.918. The van der Waals surface area contributed by atoms with Gasteiger partial charge in [0, 0.05) is 18.0 Å². The highest BCUT2D eigenvalue weighted by Crippen LogP contribution is 2.29. The maximum Gasteiger partial charge on any atom is 0.326 e. The molecule has 0 spiro atoms. The number of fused-ring (bicyclic) bond motifs is 1. The molecule has 0 saturated carbocycles. The molecule has 124 valence electrons. The van der Waals surface area contributed by atoms with E-state index in [9.17, 15) is 9.59 Å². The van der Waals surface area contributed by atoms with E-state index >= 15 is 0 Å². The summed E-state index contributed by atoms with van der Waals surface area (Å²) >= 11 is 0. The van der Waals surface area contributed by atoms with E-state index in [1.807, 2.05) is 13.0 Å². The normalized spacial score (nSPS) is 12.6. The van der Waals surface area contributed by atoms with Gasteiger partial charge in [0.25, 0.3) is 0 Å². The monoisotopic (exact) mass is 317 g/mol. The number of carbonyl (C=O) groups is 2. The summed E-state index contributed by atoms with van der Waals surface area (Å²) in [5, 5.41) is 9.94. The van der Waals surface area contributed by atoms with E-state index in [4.69, 9.17) is 9.52 Å². The minimum absolute atomic E-state index is 0.127. The number of amides is 1. The van der Waals surface area contributed by atoms with Gasteiger partial charge in [-0.25, -0.2) is 4.79 Å². The zero-order chi connectivity index (χ0) is 17.3. The van der Waals surface area contributed by atoms with Crippen LogP contribution in [0.25, 0.3) is 11.0 Å². The Bertz CT molecular complexity index is 745. The largest absolute Gasteiger partial charge is 0.480 e. The van der Waals surface area contributed by atoms with Crippen molar-refractivity contribution in [3.8, 4) is 0 Å². The SMILES string of the molecule is Cc1cc2occ(CC(=O)N(C)C(C)C(=O)O)c2cc1C(C)C. The maximum absolute atomic E-state index is 12.3. The number of carboxylic acid groups (broad SMARTS) is 1. The summed E-state index contributed by atoms with van der Waals surface area (Å²) in [6, 6.07) is 3.21. The smallest absolute Gasteiger partial charge is 0.326 e. The summed E-state index contributed by atoms with van der Waals surface area (Å²) in [6.07, 6.45) is 1.72. The predicted octanol–water partition coefficient (Wildman–Crippen LogP) is 3.34. The Morgan fingerprint density at radius 2 is 1.91 bits per heavy atom. The van der Waals surface area contributed by atoms with Crippen LogP contribution in [0.5, 0.6) is 0 Å². The molecule has 1 aromatic carbocycles. The highest BCUT2D eigenvalue weighted by atomic mass is 16.4. The van der Waals surface area contributed by atoms with Crippen LogP contribution in [0.1, 0.15) is 43.4 Å². The van der Waals surface area contributed by atoms with Crippen LogP contribution < -0.4 is 0 Å². The van der Waals surface area contributed by atoms with Gasteiger partial charge in [0.15, 0.2) is 0 Å². The fraction of sp³-hybridized carbons (Fsp3) is 0.444. The number of furan rings is 1. The third-order valence-corrected chi connectivity index (χ3v) is 4.34. The number of carboxylic acids is 1. The Hall–Kier alpha value is -2.30. The minimum Gasteiger partial charge on any atom is -0.480 e. The average molecular weight is 317 g/mol. The van der Waals surface area contributed by atoms with Crippen LogP contribution in [0.3, 0.4) is 0 Å². The first-order chi connectivity index (χ1) is 10.7. The Kier molecular flexibility index (Phi) is 4.78. The molecule has 0 fully saturated rings. The van der Waals surface area contributed by atoms with Crippen LogP contribution in [-0.2, 0) is 16.0 Å². The van der Waals surface area contributed by atoms with Gasteiger partial charge in [0.1, 0.15) is 11.6 Å². The Morgan fingerprint density at radius 1 is 1.26 bits per heavy atom. The highest BCUT2D eigenvalue weighted by Gasteiger charge is 2.23. The molecular formula is C18H23NO4. The molecule has 23 heavy (non-hydrogen) atoms. The zero-order valence-electron chi connectivity index (χ0n) is 14.2. The van der Waals surface area contributed by atoms with E-state index in [-0.39, 0.29) is 12.3 Å². The summed E-state index contributed by atoms with van der Waals surface area (Å²) in [5.41, 5.74) is 3.93. The van der Waals surface area contributed by atoms with Gasteiger partial charge in [-0.15, -0.1) is 0 Å². The summed E-state index contributed by atoms with van der Waals surface area (Å²) in [5.74, 6) is -0.877. The predicted molar refractivity (Wildman–Crippen MR) is 88.6 cm³/mol. The van der Waals surface area contributed by atoms with Gasteiger partial charge in [-0.2, -0.15) is 0 Å². The second kappa shape index (κ2) is 6.44. The lowest BCUT2D eigenvalue weighted by Crippen LogP contribution is -2.40. The van der Waals surface area contributed by atoms with Gasteiger partial charge in [-0.3, -0.25) is 4.79 Å². The third-order valence-electron chi connectivity index (χ3n) is 4.34. The van der Waals surface area contributed by atoms with Crippen LogP contribution in [0.2, 0.25) is 0 Å². The number of aryl methyl sites for hydroxylation is 1. The molecule has 5 nitrogen and oxygen atoms in total. The Morgan fingerprint density at radius 3 is 2.48 bits per heavy atom. The van der Waals surface area contributed by atoms with Crippen molar-refractivity contribution in [1.29, 1.82) is 0 Å². The number of rotatable bonds is 5. The first kappa shape index (κ1) is 17.1. The average Bonchev–Trinajstić information content (AvgIpc) is 2.86. The zero-order valence-corrected chi connectivity index (χ0v) is 14.2. The molecule has 2 aromatic rings. The molecule has 1 amide bonds. The highest BCUT2D eigenvalue weighted by molar-refractivity contribution is 5.90. The molecule has 1 aromatic heterocycles. The summed E-state index contributed by atoms with van der Waals surface area (Å²) in [6.45, 7) is 7.79. The fourth-order valence-electron chi connectivity index (χ4n) is 2.67. The molecule has 5 heteroatoms. The van der Waals surface area contributed by atoms with Gasteiger partial charge >= 0.3 is 5.97 Å². The van der Waals surface area contributed by atoms with Crippen molar-refractivity contribution in [2.24, 2.45) is 0 Å². The number of carbonyl (C=O) groups excluding carboxylic acids is 1. The maximum atomic E-state index is 12.3. The van der Waals surface area contributed by atoms with E-state index in [0.717, 1.165) is 22.1 Å². The second-order valence-corrected chi connectivity index (χ2v) is 6.32. The van der Waals surface area contributed by atoms with Crippen molar-refractivity contribution in [3.63, 3.8) is 0 Å². The standard InChI is InChI=1S/C18H23NO4/c1-10(2)14-8-15-13(9-23-16(15)6-11(14)3)7-17(20)19(5)12(4)18(21)22/h6,8-10,12H,7H2,1-5H3,(H,21,22). The first-order valence-corrected chi connectivity index (χ1v) is 7.71. The van der Waals surface area contributed by atoms with Gasteiger partial charge in [-0.1, -0.05) is 13.8 Å². The number of aliphatic carboxylic acids is 1. The molecule has 0 radical (unpaired) electrons. The molecule has 0 aliphatic rings. The lowest BCUT2D eigenvalue weighted by atomic mass is 9.95. The van der Waals surface area contributed by atoms with Crippen LogP contribution in [0.15, 0.2) is 22.8 Å². The number of likely N-dealkylation sites (N-methyl/N-ethyl adjacent to an activating group) is 1. The summed E-state index contributed by atoms with van der Waals surface area (Å²) in [4.78, 5) is 24.6. The number of hydrogen-bond acceptors (Lipinski definition) is 3. The molecule has 1 atom stereocenters. The molecule has 1 unspecified atom stereocenters. The van der Waals surface area contributed by atoms with Gasteiger partial charge in [0.2, 0.25) is 5.91 Å². The lowest BCUT2D eigenvalue weighted by Gasteiger charge is -2.21. The molecule has 1 heterocycles. The van der Waals surface area contributed by atoms with Crippen LogP contribution >= 0.6 is 0 Å². The van der Waals surface area contributed by atoms with E-state index in [1.165, 1.54) is 24.4 Å². The number of nitrogens with zero attached hydrogens (tertiary/aromatic N) is 1. The third kappa shape index (κ3) is 3.38. The molecule has 2 rings (SSSR count). The van der Waals surface area contributed by atoms with Gasteiger partial charge < -0.3 is 14.4 Å². The molecule has 0 aliphatic heterocycles. The van der Waals surface area contributed by atoms with E-state index < -0.39 is 12.0 Å². The van der Waals surface area contributed by atoms with Crippen molar-refractivity contribution in [2.45, 2.75) is 46.1 Å². The van der Waals surface area contributed by atoms with E-state index in [2.05, 4.69) is 19.9 Å². The Labute approximate surface area is 135 Å². The van der Waals surface area contributed by atoms with Crippen molar-refractivity contribution in [2.75, 3.05) is 7.05 Å². The number of benzene rings is 1. The van der Waals surface area contributed by atoms with Crippen molar-refractivity contribution < 1.29 is 19.1 Å². The van der Waals surface area contributed by atoms with Crippen molar-refractivity contribution in [3.05, 3.63) is 35.1 Å². The van der Waals surface area contributed by atoms with Gasteiger partial charge in [0.05, 0.1) is 12.7 Å². The summed E-state index contributed by atoms with van der Waals surface area (Å²) < 4.78 is 5.57. The molecule has 1 N–H and O–H groups in total. The fourth-order valence-corrected chi connectivity index (χ4v) is 2.67. The van der Waals surface area contributed by atoms with E-state index in [1.54, 1.807) is 6.26 Å². The molecule has 0 saturated heterocycles. The minimum atomic E-state index is -1.02. The van der Waals surface area contributed by atoms with Gasteiger partial charge in [-0.05, 0) is 43.0 Å². The first-order valence-electron chi connectivity index (χ1n) is 7.71. The van der Waals surface area contributed by atoms with Crippen LogP contribution in [0.4, 0.5) is 0 Å². The molecule has 0 aliphatic carbocycles. The molecule has 0 bridgehead atoms. The second-order valence-electron chi connectivity index (χ2n) is 6.32. The van der Waals surface area contributed by atoms with Crippen LogP contribution in [0, 0.1) is 6.92 Å². The Balaban J connectivity index is 2.32. The summed E-state index contributed by atoms with van der Waals surface area (Å²) in [7, 11) is 1.51. The molecular weight excluding hydrogens is 294 g/mol. The van der Waals surface area contributed by atoms with Crippen molar-refractivity contribution >= 4 is 22.8 Å². The van der Waals surface area contributed by atoms with Crippen LogP contribution in [-0.4, -0.2) is 35.0 Å². The topological polar surface area (TPSA) is 70.8 Å². The number of hydrogen-bond donors (Lipinski definition) is 1.